The van der Waals surface area contributed by atoms with Crippen molar-refractivity contribution in [1.29, 1.82) is 0 Å². The van der Waals surface area contributed by atoms with Gasteiger partial charge in [-0.3, -0.25) is 0 Å². The van der Waals surface area contributed by atoms with Crippen LogP contribution < -0.4 is 9.47 Å². The molecule has 0 aromatic heterocycles. The van der Waals surface area contributed by atoms with Crippen LogP contribution in [0.25, 0.3) is 28.3 Å². The second-order valence-electron chi connectivity index (χ2n) is 11.5. The molecule has 4 aromatic rings. The van der Waals surface area contributed by atoms with E-state index in [0.29, 0.717) is 33.6 Å². The summed E-state index contributed by atoms with van der Waals surface area (Å²) in [6.45, 7) is 18.8. The summed E-state index contributed by atoms with van der Waals surface area (Å²) in [6, 6.07) is 25.2. The van der Waals surface area contributed by atoms with Crippen molar-refractivity contribution in [3.05, 3.63) is 163 Å². The predicted molar refractivity (Wildman–Crippen MR) is 204 cm³/mol. The Hall–Kier alpha value is -7.42. The van der Waals surface area contributed by atoms with Crippen LogP contribution in [-0.2, 0) is 28.7 Å². The van der Waals surface area contributed by atoms with Crippen molar-refractivity contribution in [3.8, 4) is 57.6 Å². The number of hydrogen-bond acceptors (Lipinski definition) is 8. The maximum Gasteiger partial charge on any atom is 0.347 e. The minimum atomic E-state index is -0.653. The summed E-state index contributed by atoms with van der Waals surface area (Å²) >= 11 is 0. The number of carbonyl (C=O) groups excluding carboxylic acids is 4. The number of esters is 4. The largest absolute Gasteiger partial charge is 0.431 e. The molecule has 4 rings (SSSR count). The van der Waals surface area contributed by atoms with Crippen LogP contribution in [0.15, 0.2) is 140 Å². The maximum atomic E-state index is 12.8. The van der Waals surface area contributed by atoms with Crippen molar-refractivity contribution in [1.82, 2.24) is 0 Å². The van der Waals surface area contributed by atoms with E-state index < -0.39 is 23.9 Å². The monoisotopic (exact) mass is 702 g/mol. The van der Waals surface area contributed by atoms with E-state index in [1.807, 2.05) is 54.6 Å². The molecule has 0 bridgehead atoms. The second kappa shape index (κ2) is 18.0. The first-order chi connectivity index (χ1) is 25.3. The van der Waals surface area contributed by atoms with Gasteiger partial charge in [0.1, 0.15) is 17.6 Å². The third kappa shape index (κ3) is 11.0. The standard InChI is InChI=1S/C45H34O8/c1-8-42(46)52-39-20-11-32(12-21-39)13-22-40-37(24-26-51-44(48)30(4)5)27-38(28-41(40)53-45(49)31(6)7)36-18-16-35(17-19-36)34-14-9-33(10-15-34)23-25-50-43(47)29(2)3/h8-12,14-21,24,26-28H,1-2,4,6H2,3,5,7H3/b26-24+. The molecule has 4 aromatic carbocycles. The van der Waals surface area contributed by atoms with E-state index in [0.717, 1.165) is 22.8 Å². The van der Waals surface area contributed by atoms with Crippen LogP contribution in [0.1, 0.15) is 43.0 Å². The molecule has 8 heteroatoms. The molecule has 0 spiro atoms. The molecule has 0 unspecified atom stereocenters. The van der Waals surface area contributed by atoms with Crippen LogP contribution >= 0.6 is 0 Å². The Labute approximate surface area is 308 Å². The zero-order valence-electron chi connectivity index (χ0n) is 29.4. The smallest absolute Gasteiger partial charge is 0.347 e. The third-order valence-corrected chi connectivity index (χ3v) is 7.15. The van der Waals surface area contributed by atoms with Crippen LogP contribution in [0, 0.1) is 23.9 Å². The average molecular weight is 703 g/mol. The van der Waals surface area contributed by atoms with E-state index in [4.69, 9.17) is 18.9 Å². The molecule has 0 amide bonds. The van der Waals surface area contributed by atoms with Crippen molar-refractivity contribution < 1.29 is 38.1 Å². The summed E-state index contributed by atoms with van der Waals surface area (Å²) in [6.07, 6.45) is 6.22. The fourth-order valence-corrected chi connectivity index (χ4v) is 4.32. The fourth-order valence-electron chi connectivity index (χ4n) is 4.32. The SMILES string of the molecule is C=CC(=O)Oc1ccc(C#Cc2c(/C=C/OC(=O)C(=C)C)cc(-c3ccc(-c4ccc(C#COC(=O)C(=C)C)cc4)cc3)cc2OC(=O)C(=C)C)cc1. The molecular formula is C45H34O8. The molecule has 0 saturated carbocycles. The molecule has 0 aliphatic carbocycles. The Morgan fingerprint density at radius 3 is 1.70 bits per heavy atom. The highest BCUT2D eigenvalue weighted by molar-refractivity contribution is 5.90. The minimum absolute atomic E-state index is 0.153. The molecule has 262 valence electrons. The number of carbonyl (C=O) groups is 4. The van der Waals surface area contributed by atoms with E-state index in [1.54, 1.807) is 43.3 Å². The van der Waals surface area contributed by atoms with Gasteiger partial charge in [-0.15, -0.1) is 0 Å². The Balaban J connectivity index is 1.73. The lowest BCUT2D eigenvalue weighted by Crippen LogP contribution is -2.10. The first kappa shape index (κ1) is 38.4. The molecule has 0 aliphatic rings. The Morgan fingerprint density at radius 2 is 1.13 bits per heavy atom. The zero-order chi connectivity index (χ0) is 38.5. The molecule has 0 radical (unpaired) electrons. The minimum Gasteiger partial charge on any atom is -0.431 e. The van der Waals surface area contributed by atoms with Crippen LogP contribution in [0.4, 0.5) is 0 Å². The molecule has 0 N–H and O–H groups in total. The normalized spacial score (nSPS) is 10.0. The van der Waals surface area contributed by atoms with E-state index in [1.165, 1.54) is 20.1 Å². The van der Waals surface area contributed by atoms with Crippen molar-refractivity contribution in [2.24, 2.45) is 0 Å². The number of rotatable bonds is 10. The highest BCUT2D eigenvalue weighted by atomic mass is 16.5. The summed E-state index contributed by atoms with van der Waals surface area (Å²) in [5.74, 6) is 6.96. The summed E-state index contributed by atoms with van der Waals surface area (Å²) < 4.78 is 21.0. The van der Waals surface area contributed by atoms with Crippen LogP contribution in [0.3, 0.4) is 0 Å². The fraction of sp³-hybridized carbons (Fsp3) is 0.0667. The Bertz CT molecular complexity index is 2280. The Kier molecular flexibility index (Phi) is 13.0. The number of benzene rings is 4. The molecule has 0 atom stereocenters. The van der Waals surface area contributed by atoms with Crippen LogP contribution in [0.5, 0.6) is 11.5 Å². The molecule has 0 fully saturated rings. The lowest BCUT2D eigenvalue weighted by Gasteiger charge is -2.13. The van der Waals surface area contributed by atoms with Crippen molar-refractivity contribution in [2.75, 3.05) is 0 Å². The summed E-state index contributed by atoms with van der Waals surface area (Å²) in [4.78, 5) is 48.1. The number of ether oxygens (including phenoxy) is 4. The van der Waals surface area contributed by atoms with Crippen molar-refractivity contribution in [2.45, 2.75) is 20.8 Å². The van der Waals surface area contributed by atoms with Gasteiger partial charge in [0.25, 0.3) is 0 Å². The van der Waals surface area contributed by atoms with Crippen molar-refractivity contribution >= 4 is 30.0 Å². The summed E-state index contributed by atoms with van der Waals surface area (Å²) in [5, 5.41) is 0. The predicted octanol–water partition coefficient (Wildman–Crippen LogP) is 8.51. The lowest BCUT2D eigenvalue weighted by atomic mass is 9.96. The van der Waals surface area contributed by atoms with Gasteiger partial charge in [-0.1, -0.05) is 74.6 Å². The van der Waals surface area contributed by atoms with Gasteiger partial charge < -0.3 is 18.9 Å². The van der Waals surface area contributed by atoms with Gasteiger partial charge in [0.2, 0.25) is 0 Å². The van der Waals surface area contributed by atoms with Gasteiger partial charge in [0.05, 0.1) is 11.8 Å². The Morgan fingerprint density at radius 1 is 0.604 bits per heavy atom. The van der Waals surface area contributed by atoms with Crippen molar-refractivity contribution in [3.63, 3.8) is 0 Å². The molecule has 8 nitrogen and oxygen atoms in total. The molecule has 0 aliphatic heterocycles. The number of hydrogen-bond donors (Lipinski definition) is 0. The summed E-state index contributed by atoms with van der Waals surface area (Å²) in [5.41, 5.74) is 6.06. The van der Waals surface area contributed by atoms with Gasteiger partial charge in [0.15, 0.2) is 0 Å². The van der Waals surface area contributed by atoms with E-state index >= 15 is 0 Å². The topological polar surface area (TPSA) is 105 Å². The van der Waals surface area contributed by atoms with Crippen LogP contribution in [0.2, 0.25) is 0 Å². The van der Waals surface area contributed by atoms with Gasteiger partial charge in [-0.2, -0.15) is 0 Å². The zero-order valence-corrected chi connectivity index (χ0v) is 29.4. The van der Waals surface area contributed by atoms with E-state index in [2.05, 4.69) is 50.2 Å². The van der Waals surface area contributed by atoms with Gasteiger partial charge in [-0.05, 0) is 109 Å². The molecule has 0 saturated heterocycles. The summed E-state index contributed by atoms with van der Waals surface area (Å²) in [7, 11) is 0. The lowest BCUT2D eigenvalue weighted by molar-refractivity contribution is -0.134. The first-order valence-corrected chi connectivity index (χ1v) is 16.0. The molecular weight excluding hydrogens is 668 g/mol. The van der Waals surface area contributed by atoms with Gasteiger partial charge in [0, 0.05) is 33.9 Å². The molecule has 0 heterocycles. The highest BCUT2D eigenvalue weighted by Gasteiger charge is 2.16. The van der Waals surface area contributed by atoms with Gasteiger partial charge >= 0.3 is 23.9 Å². The first-order valence-electron chi connectivity index (χ1n) is 16.0. The average Bonchev–Trinajstić information content (AvgIpc) is 3.15. The maximum absolute atomic E-state index is 12.8. The molecule has 53 heavy (non-hydrogen) atoms. The second-order valence-corrected chi connectivity index (χ2v) is 11.5. The van der Waals surface area contributed by atoms with Crippen LogP contribution in [-0.4, -0.2) is 23.9 Å². The third-order valence-electron chi connectivity index (χ3n) is 7.15. The quantitative estimate of drug-likeness (QED) is 0.0533. The van der Waals surface area contributed by atoms with E-state index in [-0.39, 0.29) is 22.5 Å². The highest BCUT2D eigenvalue weighted by Crippen LogP contribution is 2.33. The van der Waals surface area contributed by atoms with Gasteiger partial charge in [-0.25, -0.2) is 19.2 Å². The van der Waals surface area contributed by atoms with E-state index in [9.17, 15) is 19.2 Å².